The third-order valence-corrected chi connectivity index (χ3v) is 1.99. The van der Waals surface area contributed by atoms with E-state index in [4.69, 9.17) is 9.84 Å². The number of esters is 1. The molecule has 0 aliphatic carbocycles. The largest absolute Gasteiger partial charge is 0.481 e. The summed E-state index contributed by atoms with van der Waals surface area (Å²) in [6.45, 7) is 1.74. The van der Waals surface area contributed by atoms with Gasteiger partial charge in [0.25, 0.3) is 6.29 Å². The Balaban J connectivity index is 2.18. The molecule has 1 aliphatic rings. The standard InChI is InChI=1S/C10H13NO6/c1-6-5-8(16-9(6)14)17-10(15)11-4-2-3-7(12)13/h5,8H,2-4H2,1H3,(H,11,15)(H,12,13). The Labute approximate surface area is 97.4 Å². The first kappa shape index (κ1) is 13.0. The lowest BCUT2D eigenvalue weighted by molar-refractivity contribution is -0.151. The summed E-state index contributed by atoms with van der Waals surface area (Å²) in [6.07, 6.45) is -0.0817. The van der Waals surface area contributed by atoms with E-state index in [9.17, 15) is 14.4 Å². The van der Waals surface area contributed by atoms with E-state index in [2.05, 4.69) is 10.1 Å². The number of aliphatic carboxylic acids is 1. The molecule has 0 saturated heterocycles. The van der Waals surface area contributed by atoms with Crippen molar-refractivity contribution in [3.63, 3.8) is 0 Å². The van der Waals surface area contributed by atoms with Crippen molar-refractivity contribution in [1.29, 1.82) is 0 Å². The quantitative estimate of drug-likeness (QED) is 0.535. The minimum Gasteiger partial charge on any atom is -0.481 e. The first-order valence-electron chi connectivity index (χ1n) is 5.04. The Morgan fingerprint density at radius 3 is 2.82 bits per heavy atom. The highest BCUT2D eigenvalue weighted by Gasteiger charge is 2.25. The fourth-order valence-electron chi connectivity index (χ4n) is 1.14. The number of carbonyl (C=O) groups is 3. The van der Waals surface area contributed by atoms with Gasteiger partial charge in [0.15, 0.2) is 0 Å². The molecule has 1 aliphatic heterocycles. The maximum atomic E-state index is 11.2. The highest BCUT2D eigenvalue weighted by atomic mass is 16.7. The van der Waals surface area contributed by atoms with Crippen LogP contribution in [0.4, 0.5) is 4.79 Å². The predicted molar refractivity (Wildman–Crippen MR) is 55.0 cm³/mol. The van der Waals surface area contributed by atoms with Crippen LogP contribution in [-0.4, -0.2) is 36.0 Å². The Morgan fingerprint density at radius 2 is 2.29 bits per heavy atom. The van der Waals surface area contributed by atoms with Crippen LogP contribution in [0.25, 0.3) is 0 Å². The average molecular weight is 243 g/mol. The number of amides is 1. The lowest BCUT2D eigenvalue weighted by Gasteiger charge is -2.10. The summed E-state index contributed by atoms with van der Waals surface area (Å²) in [7, 11) is 0. The van der Waals surface area contributed by atoms with Crippen LogP contribution in [0.1, 0.15) is 19.8 Å². The number of cyclic esters (lactones) is 1. The molecule has 94 valence electrons. The minimum atomic E-state index is -0.998. The normalized spacial score (nSPS) is 18.3. The monoisotopic (exact) mass is 243 g/mol. The molecule has 1 amide bonds. The molecular formula is C10H13NO6. The second-order valence-corrected chi connectivity index (χ2v) is 3.45. The first-order valence-corrected chi connectivity index (χ1v) is 5.04. The lowest BCUT2D eigenvalue weighted by atomic mass is 10.3. The molecule has 0 radical (unpaired) electrons. The van der Waals surface area contributed by atoms with Gasteiger partial charge in [-0.2, -0.15) is 0 Å². The van der Waals surface area contributed by atoms with Crippen LogP contribution < -0.4 is 5.32 Å². The molecule has 1 unspecified atom stereocenters. The van der Waals surface area contributed by atoms with Crippen LogP contribution in [0.2, 0.25) is 0 Å². The van der Waals surface area contributed by atoms with Crippen LogP contribution in [0.5, 0.6) is 0 Å². The van der Waals surface area contributed by atoms with E-state index in [1.807, 2.05) is 0 Å². The van der Waals surface area contributed by atoms with Crippen molar-refractivity contribution >= 4 is 18.0 Å². The molecule has 0 spiro atoms. The third kappa shape index (κ3) is 4.54. The van der Waals surface area contributed by atoms with Gasteiger partial charge in [-0.1, -0.05) is 0 Å². The fraction of sp³-hybridized carbons (Fsp3) is 0.500. The number of carboxylic acids is 1. The van der Waals surface area contributed by atoms with Crippen molar-refractivity contribution in [3.05, 3.63) is 11.6 Å². The number of hydrogen-bond acceptors (Lipinski definition) is 5. The van der Waals surface area contributed by atoms with Crippen LogP contribution >= 0.6 is 0 Å². The minimum absolute atomic E-state index is 0.0301. The average Bonchev–Trinajstić information content (AvgIpc) is 2.52. The van der Waals surface area contributed by atoms with E-state index >= 15 is 0 Å². The molecule has 2 N–H and O–H groups in total. The van der Waals surface area contributed by atoms with Crippen molar-refractivity contribution in [2.45, 2.75) is 26.1 Å². The number of ether oxygens (including phenoxy) is 2. The van der Waals surface area contributed by atoms with Crippen molar-refractivity contribution in [3.8, 4) is 0 Å². The summed E-state index contributed by atoms with van der Waals surface area (Å²) < 4.78 is 9.42. The highest BCUT2D eigenvalue weighted by Crippen LogP contribution is 2.13. The van der Waals surface area contributed by atoms with Crippen molar-refractivity contribution in [2.24, 2.45) is 0 Å². The van der Waals surface area contributed by atoms with Gasteiger partial charge in [-0.15, -0.1) is 0 Å². The molecule has 0 aromatic heterocycles. The zero-order valence-electron chi connectivity index (χ0n) is 9.26. The van der Waals surface area contributed by atoms with E-state index in [0.717, 1.165) is 0 Å². The highest BCUT2D eigenvalue weighted by molar-refractivity contribution is 5.90. The Hall–Kier alpha value is -2.05. The topological polar surface area (TPSA) is 102 Å². The van der Waals surface area contributed by atoms with E-state index in [1.165, 1.54) is 6.08 Å². The van der Waals surface area contributed by atoms with Crippen LogP contribution in [0.15, 0.2) is 11.6 Å². The van der Waals surface area contributed by atoms with E-state index in [-0.39, 0.29) is 13.0 Å². The molecule has 0 fully saturated rings. The number of hydrogen-bond donors (Lipinski definition) is 2. The Kier molecular flexibility index (Phi) is 4.50. The Morgan fingerprint density at radius 1 is 1.59 bits per heavy atom. The number of carbonyl (C=O) groups excluding carboxylic acids is 2. The smallest absolute Gasteiger partial charge is 0.410 e. The summed E-state index contributed by atoms with van der Waals surface area (Å²) in [4.78, 5) is 32.3. The van der Waals surface area contributed by atoms with Crippen LogP contribution in [-0.2, 0) is 19.1 Å². The molecule has 7 nitrogen and oxygen atoms in total. The van der Waals surface area contributed by atoms with E-state index in [1.54, 1.807) is 6.92 Å². The van der Waals surface area contributed by atoms with Crippen molar-refractivity contribution in [2.75, 3.05) is 6.54 Å². The van der Waals surface area contributed by atoms with Gasteiger partial charge in [-0.3, -0.25) is 4.79 Å². The summed E-state index contributed by atoms with van der Waals surface area (Å²) >= 11 is 0. The lowest BCUT2D eigenvalue weighted by Crippen LogP contribution is -2.29. The maximum Gasteiger partial charge on any atom is 0.410 e. The zero-order chi connectivity index (χ0) is 12.8. The first-order chi connectivity index (χ1) is 7.99. The third-order valence-electron chi connectivity index (χ3n) is 1.99. The molecule has 0 saturated carbocycles. The summed E-state index contributed by atoms with van der Waals surface area (Å²) in [6, 6.07) is 0. The van der Waals surface area contributed by atoms with Gasteiger partial charge in [0, 0.05) is 24.6 Å². The predicted octanol–water partition coefficient (Wildman–Crippen LogP) is 0.407. The SMILES string of the molecule is CC1=CC(OC(=O)NCCCC(=O)O)OC1=O. The molecule has 17 heavy (non-hydrogen) atoms. The number of nitrogens with one attached hydrogen (secondary N) is 1. The molecule has 0 bridgehead atoms. The molecule has 0 aromatic rings. The second kappa shape index (κ2) is 5.88. The van der Waals surface area contributed by atoms with E-state index in [0.29, 0.717) is 12.0 Å². The fourth-order valence-corrected chi connectivity index (χ4v) is 1.14. The van der Waals surface area contributed by atoms with Gasteiger partial charge >= 0.3 is 18.0 Å². The number of rotatable bonds is 5. The van der Waals surface area contributed by atoms with Gasteiger partial charge in [-0.05, 0) is 13.3 Å². The summed E-state index contributed by atoms with van der Waals surface area (Å²) in [5, 5.41) is 10.7. The molecule has 0 aromatic carbocycles. The number of carboxylic acid groups (broad SMARTS) is 1. The molecule has 7 heteroatoms. The molecule has 1 heterocycles. The molecule has 1 rings (SSSR count). The van der Waals surface area contributed by atoms with Gasteiger partial charge in [-0.25, -0.2) is 9.59 Å². The van der Waals surface area contributed by atoms with Crippen molar-refractivity contribution < 1.29 is 29.0 Å². The van der Waals surface area contributed by atoms with Crippen LogP contribution in [0, 0.1) is 0 Å². The van der Waals surface area contributed by atoms with Crippen molar-refractivity contribution in [1.82, 2.24) is 5.32 Å². The number of alkyl carbamates (subject to hydrolysis) is 1. The second-order valence-electron chi connectivity index (χ2n) is 3.45. The Bertz CT molecular complexity index is 362. The van der Waals surface area contributed by atoms with Gasteiger partial charge in [0.2, 0.25) is 0 Å². The van der Waals surface area contributed by atoms with Gasteiger partial charge in [0.1, 0.15) is 0 Å². The summed E-state index contributed by atoms with van der Waals surface area (Å²) in [5.74, 6) is -1.45. The van der Waals surface area contributed by atoms with Crippen LogP contribution in [0.3, 0.4) is 0 Å². The maximum absolute atomic E-state index is 11.2. The van der Waals surface area contributed by atoms with E-state index < -0.39 is 24.3 Å². The van der Waals surface area contributed by atoms with Gasteiger partial charge in [0.05, 0.1) is 0 Å². The molecule has 1 atom stereocenters. The molecular weight excluding hydrogens is 230 g/mol. The van der Waals surface area contributed by atoms with Gasteiger partial charge < -0.3 is 19.9 Å². The summed E-state index contributed by atoms with van der Waals surface area (Å²) in [5.41, 5.74) is 0.383. The zero-order valence-corrected chi connectivity index (χ0v) is 9.26.